The maximum Gasteiger partial charge on any atom is 0.265 e. The Bertz CT molecular complexity index is 385. The van der Waals surface area contributed by atoms with Crippen molar-refractivity contribution >= 4 is 11.4 Å². The van der Waals surface area contributed by atoms with Gasteiger partial charge in [0.2, 0.25) is 0 Å². The fraction of sp³-hybridized carbons (Fsp3) is 0.538. The van der Waals surface area contributed by atoms with Gasteiger partial charge < -0.3 is 15.4 Å². The molecule has 102 valence electrons. The normalized spacial score (nSPS) is 12.8. The van der Waals surface area contributed by atoms with E-state index >= 15 is 0 Å². The van der Waals surface area contributed by atoms with E-state index in [0.717, 1.165) is 0 Å². The number of methoxy groups -OCH3 is 1. The summed E-state index contributed by atoms with van der Waals surface area (Å²) in [6.07, 6.45) is -2.53. The van der Waals surface area contributed by atoms with Crippen molar-refractivity contribution in [3.8, 4) is 0 Å². The molecule has 0 aliphatic heterocycles. The van der Waals surface area contributed by atoms with Crippen LogP contribution in [0.3, 0.4) is 0 Å². The highest BCUT2D eigenvalue weighted by atomic mass is 19.3. The van der Waals surface area contributed by atoms with Crippen LogP contribution in [0.1, 0.15) is 25.8 Å². The van der Waals surface area contributed by atoms with Crippen LogP contribution in [-0.4, -0.2) is 26.3 Å². The largest absolute Gasteiger partial charge is 0.399 e. The van der Waals surface area contributed by atoms with Gasteiger partial charge in [-0.2, -0.15) is 0 Å². The van der Waals surface area contributed by atoms with Crippen LogP contribution in [0.4, 0.5) is 20.2 Å². The first-order chi connectivity index (χ1) is 8.51. The molecule has 0 saturated heterocycles. The van der Waals surface area contributed by atoms with E-state index in [1.165, 1.54) is 6.07 Å². The number of anilines is 2. The molecule has 5 heteroatoms. The van der Waals surface area contributed by atoms with Gasteiger partial charge in [-0.15, -0.1) is 0 Å². The van der Waals surface area contributed by atoms with Crippen LogP contribution in [0.5, 0.6) is 0 Å². The highest BCUT2D eigenvalue weighted by Gasteiger charge is 2.20. The molecule has 2 N–H and O–H groups in total. The Hall–Kier alpha value is -1.36. The van der Waals surface area contributed by atoms with Gasteiger partial charge in [0.15, 0.2) is 0 Å². The van der Waals surface area contributed by atoms with Crippen LogP contribution < -0.4 is 10.6 Å². The molecule has 1 aromatic rings. The number of alkyl halides is 2. The van der Waals surface area contributed by atoms with Crippen LogP contribution in [0, 0.1) is 0 Å². The van der Waals surface area contributed by atoms with Crippen molar-refractivity contribution in [3.63, 3.8) is 0 Å². The van der Waals surface area contributed by atoms with Crippen molar-refractivity contribution in [2.45, 2.75) is 26.3 Å². The van der Waals surface area contributed by atoms with Gasteiger partial charge in [0.25, 0.3) is 6.43 Å². The lowest BCUT2D eigenvalue weighted by Gasteiger charge is -2.31. The Morgan fingerprint density at radius 3 is 2.56 bits per heavy atom. The summed E-state index contributed by atoms with van der Waals surface area (Å²) in [6.45, 7) is 4.99. The minimum atomic E-state index is -2.53. The van der Waals surface area contributed by atoms with E-state index < -0.39 is 6.43 Å². The molecule has 0 bridgehead atoms. The standard InChI is InChI=1S/C13H20F2N2O/c1-4-17(9(2)8-18-3)12-6-5-10(16)7-11(12)13(14)15/h5-7,9,13H,4,8,16H2,1-3H3. The Labute approximate surface area is 107 Å². The summed E-state index contributed by atoms with van der Waals surface area (Å²) in [5.41, 5.74) is 6.41. The molecule has 0 radical (unpaired) electrons. The topological polar surface area (TPSA) is 38.5 Å². The zero-order chi connectivity index (χ0) is 13.7. The summed E-state index contributed by atoms with van der Waals surface area (Å²) in [5.74, 6) is 0. The average Bonchev–Trinajstić information content (AvgIpc) is 2.32. The Kier molecular flexibility index (Phi) is 5.34. The van der Waals surface area contributed by atoms with Crippen molar-refractivity contribution in [1.29, 1.82) is 0 Å². The SMILES string of the molecule is CCN(c1ccc(N)cc1C(F)F)C(C)COC. The molecule has 0 spiro atoms. The molecule has 0 fully saturated rings. The molecule has 1 atom stereocenters. The van der Waals surface area contributed by atoms with Gasteiger partial charge in [0, 0.05) is 36.6 Å². The highest BCUT2D eigenvalue weighted by molar-refractivity contribution is 5.60. The lowest BCUT2D eigenvalue weighted by Crippen LogP contribution is -2.36. The minimum absolute atomic E-state index is 0.0280. The molecule has 18 heavy (non-hydrogen) atoms. The van der Waals surface area contributed by atoms with Gasteiger partial charge >= 0.3 is 0 Å². The van der Waals surface area contributed by atoms with Crippen LogP contribution in [-0.2, 0) is 4.74 Å². The van der Waals surface area contributed by atoms with Crippen LogP contribution >= 0.6 is 0 Å². The lowest BCUT2D eigenvalue weighted by atomic mass is 10.1. The molecule has 1 aromatic carbocycles. The molecule has 0 saturated carbocycles. The molecule has 0 aliphatic rings. The third kappa shape index (κ3) is 3.32. The van der Waals surface area contributed by atoms with Gasteiger partial charge in [-0.1, -0.05) is 0 Å². The van der Waals surface area contributed by atoms with Gasteiger partial charge in [-0.3, -0.25) is 0 Å². The fourth-order valence-electron chi connectivity index (χ4n) is 2.06. The van der Waals surface area contributed by atoms with Crippen molar-refractivity contribution in [2.24, 2.45) is 0 Å². The van der Waals surface area contributed by atoms with Crippen molar-refractivity contribution in [2.75, 3.05) is 30.9 Å². The lowest BCUT2D eigenvalue weighted by molar-refractivity contribution is 0.151. The van der Waals surface area contributed by atoms with Gasteiger partial charge in [-0.25, -0.2) is 8.78 Å². The molecule has 0 aromatic heterocycles. The predicted octanol–water partition coefficient (Wildman–Crippen LogP) is 3.07. The molecule has 3 nitrogen and oxygen atoms in total. The zero-order valence-corrected chi connectivity index (χ0v) is 11.0. The summed E-state index contributed by atoms with van der Waals surface area (Å²) in [6, 6.07) is 4.65. The number of hydrogen-bond donors (Lipinski definition) is 1. The second kappa shape index (κ2) is 6.54. The summed E-state index contributed by atoms with van der Waals surface area (Å²) in [4.78, 5) is 1.89. The first-order valence-electron chi connectivity index (χ1n) is 5.94. The molecule has 1 rings (SSSR count). The third-order valence-electron chi connectivity index (χ3n) is 2.88. The molecular formula is C13H20F2N2O. The molecule has 1 unspecified atom stereocenters. The second-order valence-electron chi connectivity index (χ2n) is 4.21. The summed E-state index contributed by atoms with van der Waals surface area (Å²) in [5, 5.41) is 0. The second-order valence-corrected chi connectivity index (χ2v) is 4.21. The van der Waals surface area contributed by atoms with Gasteiger partial charge in [-0.05, 0) is 32.0 Å². The fourth-order valence-corrected chi connectivity index (χ4v) is 2.06. The van der Waals surface area contributed by atoms with Gasteiger partial charge in [0.05, 0.1) is 6.61 Å². The van der Waals surface area contributed by atoms with E-state index in [0.29, 0.717) is 24.5 Å². The number of nitrogen functional groups attached to an aromatic ring is 1. The summed E-state index contributed by atoms with van der Waals surface area (Å²) >= 11 is 0. The number of nitrogens with zero attached hydrogens (tertiary/aromatic N) is 1. The van der Waals surface area contributed by atoms with Gasteiger partial charge in [0.1, 0.15) is 0 Å². The number of ether oxygens (including phenoxy) is 1. The van der Waals surface area contributed by atoms with E-state index in [1.54, 1.807) is 19.2 Å². The number of halogens is 2. The van der Waals surface area contributed by atoms with Crippen LogP contribution in [0.2, 0.25) is 0 Å². The summed E-state index contributed by atoms with van der Waals surface area (Å²) in [7, 11) is 1.60. The monoisotopic (exact) mass is 258 g/mol. The quantitative estimate of drug-likeness (QED) is 0.797. The number of hydrogen-bond acceptors (Lipinski definition) is 3. The first-order valence-corrected chi connectivity index (χ1v) is 5.94. The molecule has 0 heterocycles. The van der Waals surface area contributed by atoms with Crippen molar-refractivity contribution in [3.05, 3.63) is 23.8 Å². The maximum atomic E-state index is 13.0. The predicted molar refractivity (Wildman–Crippen MR) is 70.2 cm³/mol. The Morgan fingerprint density at radius 1 is 1.39 bits per heavy atom. The van der Waals surface area contributed by atoms with E-state index in [2.05, 4.69) is 0 Å². The zero-order valence-electron chi connectivity index (χ0n) is 11.0. The van der Waals surface area contributed by atoms with E-state index in [4.69, 9.17) is 10.5 Å². The van der Waals surface area contributed by atoms with Crippen molar-refractivity contribution in [1.82, 2.24) is 0 Å². The molecular weight excluding hydrogens is 238 g/mol. The Balaban J connectivity index is 3.12. The third-order valence-corrected chi connectivity index (χ3v) is 2.88. The van der Waals surface area contributed by atoms with E-state index in [-0.39, 0.29) is 11.6 Å². The number of likely N-dealkylation sites (N-methyl/N-ethyl adjacent to an activating group) is 1. The average molecular weight is 258 g/mol. The number of rotatable bonds is 6. The van der Waals surface area contributed by atoms with Crippen LogP contribution in [0.15, 0.2) is 18.2 Å². The van der Waals surface area contributed by atoms with E-state index in [1.807, 2.05) is 18.7 Å². The molecule has 0 amide bonds. The Morgan fingerprint density at radius 2 is 2.06 bits per heavy atom. The highest BCUT2D eigenvalue weighted by Crippen LogP contribution is 2.32. The minimum Gasteiger partial charge on any atom is -0.399 e. The van der Waals surface area contributed by atoms with E-state index in [9.17, 15) is 8.78 Å². The maximum absolute atomic E-state index is 13.0. The number of benzene rings is 1. The smallest absolute Gasteiger partial charge is 0.265 e. The first kappa shape index (κ1) is 14.7. The molecule has 0 aliphatic carbocycles. The van der Waals surface area contributed by atoms with Crippen molar-refractivity contribution < 1.29 is 13.5 Å². The summed E-state index contributed by atoms with van der Waals surface area (Å²) < 4.78 is 31.2. The number of nitrogens with two attached hydrogens (primary N) is 1. The van der Waals surface area contributed by atoms with Crippen LogP contribution in [0.25, 0.3) is 0 Å².